The first-order valence-corrected chi connectivity index (χ1v) is 13.1. The molecule has 36 heavy (non-hydrogen) atoms. The average molecular weight is 517 g/mol. The second kappa shape index (κ2) is 8.91. The summed E-state index contributed by atoms with van der Waals surface area (Å²) in [7, 11) is 0. The molecule has 1 aromatic heterocycles. The molecule has 2 aliphatic heterocycles. The number of allylic oxidation sites excluding steroid dienone is 1. The van der Waals surface area contributed by atoms with Gasteiger partial charge in [0.15, 0.2) is 0 Å². The van der Waals surface area contributed by atoms with Crippen molar-refractivity contribution in [2.45, 2.75) is 18.4 Å². The summed E-state index contributed by atoms with van der Waals surface area (Å²) in [5, 5.41) is 0.530. The molecule has 180 valence electrons. The Kier molecular flexibility index (Phi) is 5.69. The molecule has 1 fully saturated rings. The van der Waals surface area contributed by atoms with Gasteiger partial charge in [0.2, 0.25) is 11.6 Å². The van der Waals surface area contributed by atoms with Crippen molar-refractivity contribution in [2.24, 2.45) is 0 Å². The minimum absolute atomic E-state index is 0.0542. The van der Waals surface area contributed by atoms with Crippen LogP contribution in [0, 0.1) is 0 Å². The molecule has 0 unspecified atom stereocenters. The lowest BCUT2D eigenvalue weighted by Crippen LogP contribution is -2.50. The smallest absolute Gasteiger partial charge is 0.253 e. The number of likely N-dealkylation sites (tertiary alicyclic amines) is 1. The first kappa shape index (κ1) is 23.0. The van der Waals surface area contributed by atoms with Gasteiger partial charge in [0, 0.05) is 65.8 Å². The number of nitrogens with zero attached hydrogens (tertiary/aromatic N) is 2. The Morgan fingerprint density at radius 3 is 2.47 bits per heavy atom. The van der Waals surface area contributed by atoms with Crippen LogP contribution in [0.3, 0.4) is 0 Å². The molecule has 0 bridgehead atoms. The lowest BCUT2D eigenvalue weighted by atomic mass is 9.88. The molecule has 1 spiro atoms. The lowest BCUT2D eigenvalue weighted by Gasteiger charge is -2.45. The van der Waals surface area contributed by atoms with Crippen molar-refractivity contribution in [1.82, 2.24) is 9.88 Å². The van der Waals surface area contributed by atoms with Gasteiger partial charge in [-0.1, -0.05) is 23.7 Å². The van der Waals surface area contributed by atoms with E-state index in [0.717, 1.165) is 11.1 Å². The number of carbonyl (C=O) groups is 3. The summed E-state index contributed by atoms with van der Waals surface area (Å²) in [5.74, 6) is -0.0249. The van der Waals surface area contributed by atoms with E-state index in [1.54, 1.807) is 42.7 Å². The van der Waals surface area contributed by atoms with Crippen LogP contribution < -0.4 is 0 Å². The SMILES string of the molecule is O=C1C(=O)c2ccc(-c3ccncc3)cc2C2=C1SCC1(CCN(C(=O)c3cccc(Cl)c3)CC1)O2. The number of aromatic nitrogens is 1. The number of amides is 1. The molecule has 1 aliphatic carbocycles. The summed E-state index contributed by atoms with van der Waals surface area (Å²) < 4.78 is 6.62. The number of carbonyl (C=O) groups excluding carboxylic acids is 3. The average Bonchev–Trinajstić information content (AvgIpc) is 2.92. The van der Waals surface area contributed by atoms with Crippen molar-refractivity contribution < 1.29 is 19.1 Å². The highest BCUT2D eigenvalue weighted by Gasteiger charge is 2.46. The summed E-state index contributed by atoms with van der Waals surface area (Å²) in [6, 6.07) is 16.2. The molecule has 6 nitrogen and oxygen atoms in total. The van der Waals surface area contributed by atoms with E-state index in [1.807, 2.05) is 29.2 Å². The highest BCUT2D eigenvalue weighted by Crippen LogP contribution is 2.48. The van der Waals surface area contributed by atoms with Crippen LogP contribution in [0.25, 0.3) is 16.9 Å². The number of Topliss-reactive ketones (excluding diaryl/α,β-unsaturated/α-hetero) is 2. The second-order valence-electron chi connectivity index (χ2n) is 9.19. The van der Waals surface area contributed by atoms with Gasteiger partial charge < -0.3 is 9.64 Å². The number of pyridine rings is 1. The van der Waals surface area contributed by atoms with Gasteiger partial charge in [-0.25, -0.2) is 0 Å². The number of ketones is 2. The normalized spacial score (nSPS) is 18.5. The number of benzene rings is 2. The first-order valence-electron chi connectivity index (χ1n) is 11.7. The third-order valence-corrected chi connectivity index (χ3v) is 8.54. The van der Waals surface area contributed by atoms with E-state index in [2.05, 4.69) is 4.98 Å². The zero-order valence-corrected chi connectivity index (χ0v) is 20.8. The summed E-state index contributed by atoms with van der Waals surface area (Å²) in [4.78, 5) is 45.0. The monoisotopic (exact) mass is 516 g/mol. The maximum atomic E-state index is 13.0. The van der Waals surface area contributed by atoms with E-state index in [9.17, 15) is 14.4 Å². The van der Waals surface area contributed by atoms with Crippen LogP contribution in [0.15, 0.2) is 71.9 Å². The number of ether oxygens (including phenoxy) is 1. The largest absolute Gasteiger partial charge is 0.484 e. The van der Waals surface area contributed by atoms with Crippen molar-refractivity contribution in [3.05, 3.63) is 93.6 Å². The van der Waals surface area contributed by atoms with Gasteiger partial charge in [0.05, 0.1) is 0 Å². The zero-order valence-electron chi connectivity index (χ0n) is 19.2. The topological polar surface area (TPSA) is 76.6 Å². The maximum Gasteiger partial charge on any atom is 0.253 e. The van der Waals surface area contributed by atoms with Crippen LogP contribution in [0.5, 0.6) is 0 Å². The number of thioether (sulfide) groups is 1. The van der Waals surface area contributed by atoms with Gasteiger partial charge in [0.1, 0.15) is 16.3 Å². The fourth-order valence-corrected chi connectivity index (χ4v) is 6.41. The Bertz CT molecular complexity index is 1440. The highest BCUT2D eigenvalue weighted by atomic mass is 35.5. The number of rotatable bonds is 2. The minimum atomic E-state index is -0.515. The van der Waals surface area contributed by atoms with Crippen molar-refractivity contribution in [1.29, 1.82) is 0 Å². The van der Waals surface area contributed by atoms with Gasteiger partial charge >= 0.3 is 0 Å². The maximum absolute atomic E-state index is 13.0. The molecular weight excluding hydrogens is 496 g/mol. The molecule has 3 aromatic rings. The third kappa shape index (κ3) is 3.92. The molecular formula is C28H21ClN2O4S. The van der Waals surface area contributed by atoms with Gasteiger partial charge in [-0.2, -0.15) is 0 Å². The van der Waals surface area contributed by atoms with E-state index in [-0.39, 0.29) is 5.91 Å². The van der Waals surface area contributed by atoms with E-state index < -0.39 is 17.2 Å². The van der Waals surface area contributed by atoms with Crippen molar-refractivity contribution in [2.75, 3.05) is 18.8 Å². The van der Waals surface area contributed by atoms with Gasteiger partial charge in [-0.05, 0) is 53.6 Å². The van der Waals surface area contributed by atoms with Crippen LogP contribution in [0.1, 0.15) is 39.1 Å². The molecule has 0 saturated carbocycles. The fourth-order valence-electron chi connectivity index (χ4n) is 4.95. The second-order valence-corrected chi connectivity index (χ2v) is 10.6. The Labute approximate surface area is 217 Å². The predicted octanol–water partition coefficient (Wildman–Crippen LogP) is 5.27. The van der Waals surface area contributed by atoms with Crippen LogP contribution >= 0.6 is 23.4 Å². The van der Waals surface area contributed by atoms with Gasteiger partial charge in [0.25, 0.3) is 5.91 Å². The van der Waals surface area contributed by atoms with Crippen LogP contribution in [0.2, 0.25) is 5.02 Å². The predicted molar refractivity (Wildman–Crippen MR) is 139 cm³/mol. The van der Waals surface area contributed by atoms with E-state index in [4.69, 9.17) is 16.3 Å². The number of piperidine rings is 1. The van der Waals surface area contributed by atoms with Crippen LogP contribution in [-0.2, 0) is 9.53 Å². The number of fused-ring (bicyclic) bond motifs is 2. The Balaban J connectivity index is 1.28. The molecule has 3 aliphatic rings. The Hall–Kier alpha value is -3.42. The molecule has 2 aromatic carbocycles. The van der Waals surface area contributed by atoms with Crippen molar-refractivity contribution in [3.8, 4) is 11.1 Å². The quantitative estimate of drug-likeness (QED) is 0.432. The molecule has 8 heteroatoms. The molecule has 3 heterocycles. The van der Waals surface area contributed by atoms with Crippen molar-refractivity contribution >= 4 is 46.6 Å². The Morgan fingerprint density at radius 1 is 0.944 bits per heavy atom. The minimum Gasteiger partial charge on any atom is -0.484 e. The summed E-state index contributed by atoms with van der Waals surface area (Å²) >= 11 is 7.46. The molecule has 1 saturated heterocycles. The van der Waals surface area contributed by atoms with E-state index >= 15 is 0 Å². The zero-order chi connectivity index (χ0) is 24.9. The van der Waals surface area contributed by atoms with Crippen LogP contribution in [-0.4, -0.2) is 51.8 Å². The summed E-state index contributed by atoms with van der Waals surface area (Å²) in [5.41, 5.74) is 2.94. The first-order chi connectivity index (χ1) is 17.4. The highest BCUT2D eigenvalue weighted by molar-refractivity contribution is 8.04. The molecule has 1 amide bonds. The van der Waals surface area contributed by atoms with Gasteiger partial charge in [-0.15, -0.1) is 11.8 Å². The van der Waals surface area contributed by atoms with E-state index in [0.29, 0.717) is 64.1 Å². The molecule has 0 N–H and O–H groups in total. The molecule has 6 rings (SSSR count). The third-order valence-electron chi connectivity index (χ3n) is 6.97. The molecule has 0 radical (unpaired) electrons. The molecule has 0 atom stereocenters. The summed E-state index contributed by atoms with van der Waals surface area (Å²) in [6.07, 6.45) is 4.69. The van der Waals surface area contributed by atoms with Crippen molar-refractivity contribution in [3.63, 3.8) is 0 Å². The van der Waals surface area contributed by atoms with E-state index in [1.165, 1.54) is 11.8 Å². The van der Waals surface area contributed by atoms with Gasteiger partial charge in [-0.3, -0.25) is 19.4 Å². The fraction of sp³-hybridized carbons (Fsp3) is 0.214. The number of halogens is 1. The van der Waals surface area contributed by atoms with Crippen LogP contribution in [0.4, 0.5) is 0 Å². The summed E-state index contributed by atoms with van der Waals surface area (Å²) in [6.45, 7) is 1.07. The Morgan fingerprint density at radius 2 is 1.72 bits per heavy atom. The number of hydrogen-bond acceptors (Lipinski definition) is 6. The lowest BCUT2D eigenvalue weighted by molar-refractivity contribution is -0.111. The number of hydrogen-bond donors (Lipinski definition) is 0. The standard InChI is InChI=1S/C28H21ClN2O4S/c29-20-3-1-2-19(14-20)27(34)31-12-8-28(9-13-31)16-36-26-24(33)23(32)21-5-4-18(15-22(21)25(26)35-28)17-6-10-30-11-7-17/h1-7,10-11,14-15H,8-9,12-13,16H2.